The van der Waals surface area contributed by atoms with Gasteiger partial charge in [-0.2, -0.15) is 8.42 Å². The standard InChI is InChI=1S/C12H19NO5S/c1-4-18-12-7-9(5-6-11(12)16-2)10(13)8-19(14,15)17-3/h5-7,10H,4,8,13H2,1-3H3. The van der Waals surface area contributed by atoms with E-state index in [2.05, 4.69) is 4.18 Å². The molecule has 0 aliphatic heterocycles. The number of hydrogen-bond acceptors (Lipinski definition) is 6. The molecule has 0 heterocycles. The molecule has 1 unspecified atom stereocenters. The van der Waals surface area contributed by atoms with Crippen LogP contribution in [0.3, 0.4) is 0 Å². The Kier molecular flexibility index (Phi) is 5.59. The van der Waals surface area contributed by atoms with E-state index in [-0.39, 0.29) is 5.75 Å². The van der Waals surface area contributed by atoms with E-state index < -0.39 is 16.2 Å². The molecular weight excluding hydrogens is 270 g/mol. The summed E-state index contributed by atoms with van der Waals surface area (Å²) in [6, 6.07) is 4.39. The summed E-state index contributed by atoms with van der Waals surface area (Å²) in [4.78, 5) is 0. The lowest BCUT2D eigenvalue weighted by Gasteiger charge is -2.15. The Bertz CT molecular complexity index is 515. The molecule has 108 valence electrons. The second kappa shape index (κ2) is 6.74. The highest BCUT2D eigenvalue weighted by Crippen LogP contribution is 2.30. The Morgan fingerprint density at radius 3 is 2.47 bits per heavy atom. The minimum Gasteiger partial charge on any atom is -0.493 e. The van der Waals surface area contributed by atoms with Crippen molar-refractivity contribution in [1.29, 1.82) is 0 Å². The summed E-state index contributed by atoms with van der Waals surface area (Å²) in [5.41, 5.74) is 6.50. The highest BCUT2D eigenvalue weighted by atomic mass is 32.2. The van der Waals surface area contributed by atoms with Gasteiger partial charge in [-0.15, -0.1) is 0 Å². The van der Waals surface area contributed by atoms with Gasteiger partial charge in [0, 0.05) is 6.04 Å². The largest absolute Gasteiger partial charge is 0.493 e. The molecule has 0 aliphatic carbocycles. The van der Waals surface area contributed by atoms with Crippen LogP contribution in [0.5, 0.6) is 11.5 Å². The molecule has 1 aromatic rings. The van der Waals surface area contributed by atoms with E-state index in [1.165, 1.54) is 7.11 Å². The summed E-state index contributed by atoms with van der Waals surface area (Å²) in [7, 11) is -0.957. The molecule has 0 radical (unpaired) electrons. The Balaban J connectivity index is 2.98. The fraction of sp³-hybridized carbons (Fsp3) is 0.500. The van der Waals surface area contributed by atoms with Gasteiger partial charge in [0.15, 0.2) is 11.5 Å². The number of benzene rings is 1. The summed E-state index contributed by atoms with van der Waals surface area (Å²) in [5, 5.41) is 0. The quantitative estimate of drug-likeness (QED) is 0.755. The molecule has 0 saturated heterocycles. The maximum atomic E-state index is 11.4. The molecule has 0 fully saturated rings. The van der Waals surface area contributed by atoms with Crippen molar-refractivity contribution in [2.75, 3.05) is 26.6 Å². The van der Waals surface area contributed by atoms with Crippen LogP contribution in [0.25, 0.3) is 0 Å². The third-order valence-corrected chi connectivity index (χ3v) is 3.83. The molecular formula is C12H19NO5S. The highest BCUT2D eigenvalue weighted by molar-refractivity contribution is 7.86. The summed E-state index contributed by atoms with van der Waals surface area (Å²) >= 11 is 0. The van der Waals surface area contributed by atoms with Gasteiger partial charge < -0.3 is 15.2 Å². The second-order valence-electron chi connectivity index (χ2n) is 3.84. The van der Waals surface area contributed by atoms with E-state index >= 15 is 0 Å². The van der Waals surface area contributed by atoms with Crippen LogP contribution in [0.15, 0.2) is 18.2 Å². The van der Waals surface area contributed by atoms with Gasteiger partial charge in [-0.1, -0.05) is 6.07 Å². The van der Waals surface area contributed by atoms with E-state index in [4.69, 9.17) is 15.2 Å². The lowest BCUT2D eigenvalue weighted by atomic mass is 10.1. The molecule has 0 spiro atoms. The van der Waals surface area contributed by atoms with E-state index in [1.807, 2.05) is 6.92 Å². The highest BCUT2D eigenvalue weighted by Gasteiger charge is 2.18. The zero-order chi connectivity index (χ0) is 14.5. The molecule has 1 aromatic carbocycles. The molecule has 19 heavy (non-hydrogen) atoms. The van der Waals surface area contributed by atoms with Crippen molar-refractivity contribution in [3.63, 3.8) is 0 Å². The molecule has 0 saturated carbocycles. The molecule has 0 aromatic heterocycles. The summed E-state index contributed by atoms with van der Waals surface area (Å²) < 4.78 is 37.7. The van der Waals surface area contributed by atoms with Crippen molar-refractivity contribution < 1.29 is 22.1 Å². The smallest absolute Gasteiger partial charge is 0.268 e. The second-order valence-corrected chi connectivity index (χ2v) is 5.62. The Hall–Kier alpha value is -1.31. The van der Waals surface area contributed by atoms with Crippen LogP contribution in [-0.4, -0.2) is 35.0 Å². The topological polar surface area (TPSA) is 87.9 Å². The average molecular weight is 289 g/mol. The number of nitrogens with two attached hydrogens (primary N) is 1. The van der Waals surface area contributed by atoms with Gasteiger partial charge in [-0.25, -0.2) is 0 Å². The van der Waals surface area contributed by atoms with Gasteiger partial charge in [0.05, 0.1) is 26.6 Å². The number of ether oxygens (including phenoxy) is 2. The van der Waals surface area contributed by atoms with Crippen LogP contribution >= 0.6 is 0 Å². The van der Waals surface area contributed by atoms with Gasteiger partial charge in [0.2, 0.25) is 0 Å². The monoisotopic (exact) mass is 289 g/mol. The molecule has 0 aliphatic rings. The van der Waals surface area contributed by atoms with Crippen LogP contribution in [0, 0.1) is 0 Å². The third-order valence-electron chi connectivity index (χ3n) is 2.55. The van der Waals surface area contributed by atoms with Crippen LogP contribution in [0.1, 0.15) is 18.5 Å². The zero-order valence-electron chi connectivity index (χ0n) is 11.3. The van der Waals surface area contributed by atoms with Crippen molar-refractivity contribution in [2.45, 2.75) is 13.0 Å². The van der Waals surface area contributed by atoms with Crippen LogP contribution in [-0.2, 0) is 14.3 Å². The predicted octanol–water partition coefficient (Wildman–Crippen LogP) is 1.07. The summed E-state index contributed by atoms with van der Waals surface area (Å²) in [6.45, 7) is 2.33. The molecule has 0 amide bonds. The lowest BCUT2D eigenvalue weighted by molar-refractivity contribution is 0.310. The Labute approximate surface area is 113 Å². The van der Waals surface area contributed by atoms with Crippen LogP contribution in [0.4, 0.5) is 0 Å². The van der Waals surface area contributed by atoms with Crippen molar-refractivity contribution in [1.82, 2.24) is 0 Å². The first-order valence-electron chi connectivity index (χ1n) is 5.78. The molecule has 1 rings (SSSR count). The zero-order valence-corrected chi connectivity index (χ0v) is 12.1. The predicted molar refractivity (Wildman–Crippen MR) is 71.9 cm³/mol. The first-order chi connectivity index (χ1) is 8.93. The Morgan fingerprint density at radius 2 is 1.95 bits per heavy atom. The van der Waals surface area contributed by atoms with Gasteiger partial charge >= 0.3 is 0 Å². The first-order valence-corrected chi connectivity index (χ1v) is 7.35. The van der Waals surface area contributed by atoms with Crippen LogP contribution < -0.4 is 15.2 Å². The van der Waals surface area contributed by atoms with Gasteiger partial charge in [0.1, 0.15) is 0 Å². The van der Waals surface area contributed by atoms with Gasteiger partial charge in [-0.3, -0.25) is 4.18 Å². The molecule has 7 heteroatoms. The minimum atomic E-state index is -3.60. The SMILES string of the molecule is CCOc1cc(C(N)CS(=O)(=O)OC)ccc1OC. The van der Waals surface area contributed by atoms with Gasteiger partial charge in [0.25, 0.3) is 10.1 Å². The fourth-order valence-electron chi connectivity index (χ4n) is 1.58. The number of rotatable bonds is 7. The average Bonchev–Trinajstić information content (AvgIpc) is 2.38. The minimum absolute atomic E-state index is 0.290. The maximum absolute atomic E-state index is 11.4. The summed E-state index contributed by atoms with van der Waals surface area (Å²) in [6.07, 6.45) is 0. The lowest BCUT2D eigenvalue weighted by Crippen LogP contribution is -2.22. The third kappa shape index (κ3) is 4.38. The summed E-state index contributed by atoms with van der Waals surface area (Å²) in [5.74, 6) is 0.821. The van der Waals surface area contributed by atoms with E-state index in [0.29, 0.717) is 23.7 Å². The van der Waals surface area contributed by atoms with E-state index in [0.717, 1.165) is 7.11 Å². The van der Waals surface area contributed by atoms with Crippen molar-refractivity contribution in [2.24, 2.45) is 5.73 Å². The molecule has 6 nitrogen and oxygen atoms in total. The van der Waals surface area contributed by atoms with E-state index in [9.17, 15) is 8.42 Å². The first kappa shape index (κ1) is 15.7. The maximum Gasteiger partial charge on any atom is 0.268 e. The van der Waals surface area contributed by atoms with Gasteiger partial charge in [-0.05, 0) is 24.6 Å². The molecule has 1 atom stereocenters. The van der Waals surface area contributed by atoms with Crippen molar-refractivity contribution in [3.05, 3.63) is 23.8 Å². The number of methoxy groups -OCH3 is 1. The van der Waals surface area contributed by atoms with Crippen molar-refractivity contribution >= 4 is 10.1 Å². The van der Waals surface area contributed by atoms with E-state index in [1.54, 1.807) is 18.2 Å². The number of hydrogen-bond donors (Lipinski definition) is 1. The molecule has 2 N–H and O–H groups in total. The van der Waals surface area contributed by atoms with Crippen molar-refractivity contribution in [3.8, 4) is 11.5 Å². The molecule has 0 bridgehead atoms. The normalized spacial score (nSPS) is 13.1. The fourth-order valence-corrected chi connectivity index (χ4v) is 2.34. The van der Waals surface area contributed by atoms with Crippen LogP contribution in [0.2, 0.25) is 0 Å². The Morgan fingerprint density at radius 1 is 1.26 bits per heavy atom.